The van der Waals surface area contributed by atoms with Crippen LogP contribution in [0.5, 0.6) is 5.75 Å². The lowest BCUT2D eigenvalue weighted by Crippen LogP contribution is -2.50. The van der Waals surface area contributed by atoms with E-state index in [2.05, 4.69) is 65.9 Å². The molecule has 0 saturated carbocycles. The molecule has 4 nitrogen and oxygen atoms in total. The number of ether oxygens (including phenoxy) is 2. The number of nitriles is 1. The molecule has 0 unspecified atom stereocenters. The van der Waals surface area contributed by atoms with Crippen LogP contribution in [0.2, 0.25) is 18.1 Å². The summed E-state index contributed by atoms with van der Waals surface area (Å²) >= 11 is 0. The molecule has 33 heavy (non-hydrogen) atoms. The Morgan fingerprint density at radius 3 is 2.12 bits per heavy atom. The first-order valence-corrected chi connectivity index (χ1v) is 14.9. The molecule has 0 aliphatic rings. The Labute approximate surface area is 203 Å². The van der Waals surface area contributed by atoms with E-state index in [4.69, 9.17) is 13.9 Å². The second-order valence-corrected chi connectivity index (χ2v) is 15.3. The Morgan fingerprint density at radius 1 is 1.03 bits per heavy atom. The van der Waals surface area contributed by atoms with Gasteiger partial charge in [0, 0.05) is 11.8 Å². The Kier molecular flexibility index (Phi) is 11.6. The Hall–Kier alpha value is -1.87. The van der Waals surface area contributed by atoms with Crippen molar-refractivity contribution in [1.82, 2.24) is 0 Å². The maximum atomic E-state index is 9.81. The minimum Gasteiger partial charge on any atom is -0.497 e. The van der Waals surface area contributed by atoms with Crippen molar-refractivity contribution in [2.45, 2.75) is 85.4 Å². The first-order valence-electron chi connectivity index (χ1n) is 12.0. The molecule has 0 bridgehead atoms. The zero-order chi connectivity index (χ0) is 25.2. The summed E-state index contributed by atoms with van der Waals surface area (Å²) < 4.78 is 18.6. The van der Waals surface area contributed by atoms with Gasteiger partial charge in [-0.2, -0.15) is 5.26 Å². The Bertz CT molecular complexity index is 802. The third-order valence-electron chi connectivity index (χ3n) is 6.81. The molecular weight excluding hydrogens is 426 g/mol. The highest BCUT2D eigenvalue weighted by atomic mass is 28.4. The second-order valence-electron chi connectivity index (χ2n) is 10.5. The standard InChI is InChI=1S/C28H45NO3Si/c1-11-12-13-14-21(2)26(31-20-24-15-17-25(30-8)18-16-24)23(4)27(22(3)19-29)32-33(9,10)28(5,6)7/h11-18,21-23,26-27H,20H2,1-10H3/t21-,22-,23+,26-,27+/m0/s1. The van der Waals surface area contributed by atoms with Gasteiger partial charge in [0.1, 0.15) is 5.75 Å². The molecule has 1 aromatic carbocycles. The molecule has 0 aliphatic heterocycles. The second kappa shape index (κ2) is 13.1. The molecule has 0 saturated heterocycles. The van der Waals surface area contributed by atoms with Crippen LogP contribution < -0.4 is 4.74 Å². The fourth-order valence-electron chi connectivity index (χ4n) is 3.60. The van der Waals surface area contributed by atoms with Gasteiger partial charge < -0.3 is 13.9 Å². The molecular formula is C28H45NO3Si. The summed E-state index contributed by atoms with van der Waals surface area (Å²) in [5, 5.41) is 9.88. The van der Waals surface area contributed by atoms with Crippen molar-refractivity contribution >= 4 is 8.32 Å². The summed E-state index contributed by atoms with van der Waals surface area (Å²) in [7, 11) is -0.401. The normalized spacial score (nSPS) is 17.5. The van der Waals surface area contributed by atoms with Crippen LogP contribution in [0, 0.1) is 29.1 Å². The lowest BCUT2D eigenvalue weighted by atomic mass is 9.84. The van der Waals surface area contributed by atoms with E-state index in [1.165, 1.54) is 0 Å². The first kappa shape index (κ1) is 29.2. The number of hydrogen-bond donors (Lipinski definition) is 0. The van der Waals surface area contributed by atoms with Gasteiger partial charge in [-0.25, -0.2) is 0 Å². The SMILES string of the molecule is CC=CC=C[C@H](C)[C@H](OCc1ccc(OC)cc1)[C@@H](C)[C@H](O[Si](C)(C)C(C)(C)C)[C@@H](C)C#N. The van der Waals surface area contributed by atoms with Gasteiger partial charge >= 0.3 is 0 Å². The van der Waals surface area contributed by atoms with Crippen LogP contribution in [0.3, 0.4) is 0 Å². The van der Waals surface area contributed by atoms with Crippen molar-refractivity contribution in [3.05, 3.63) is 54.1 Å². The van der Waals surface area contributed by atoms with E-state index in [-0.39, 0.29) is 35.0 Å². The molecule has 0 spiro atoms. The quantitative estimate of drug-likeness (QED) is 0.233. The van der Waals surface area contributed by atoms with Gasteiger partial charge in [-0.05, 0) is 49.7 Å². The highest BCUT2D eigenvalue weighted by Crippen LogP contribution is 2.40. The largest absolute Gasteiger partial charge is 0.497 e. The monoisotopic (exact) mass is 471 g/mol. The zero-order valence-electron chi connectivity index (χ0n) is 22.4. The van der Waals surface area contributed by atoms with Gasteiger partial charge in [0.2, 0.25) is 0 Å². The molecule has 5 heteroatoms. The minimum absolute atomic E-state index is 0.0391. The van der Waals surface area contributed by atoms with Crippen molar-refractivity contribution in [3.63, 3.8) is 0 Å². The van der Waals surface area contributed by atoms with E-state index in [0.29, 0.717) is 6.61 Å². The maximum Gasteiger partial charge on any atom is 0.192 e. The summed E-state index contributed by atoms with van der Waals surface area (Å²) in [6.45, 7) is 20.0. The molecule has 0 N–H and O–H groups in total. The van der Waals surface area contributed by atoms with Crippen LogP contribution in [0.4, 0.5) is 0 Å². The number of nitrogens with zero attached hydrogens (tertiary/aromatic N) is 1. The summed E-state index contributed by atoms with van der Waals surface area (Å²) in [5.41, 5.74) is 1.09. The van der Waals surface area contributed by atoms with Gasteiger partial charge in [-0.3, -0.25) is 0 Å². The molecule has 0 aromatic heterocycles. The van der Waals surface area contributed by atoms with Crippen LogP contribution in [0.1, 0.15) is 54.0 Å². The predicted octanol–water partition coefficient (Wildman–Crippen LogP) is 7.53. The van der Waals surface area contributed by atoms with Crippen LogP contribution in [0.25, 0.3) is 0 Å². The number of hydrogen-bond acceptors (Lipinski definition) is 4. The van der Waals surface area contributed by atoms with E-state index in [0.717, 1.165) is 11.3 Å². The number of allylic oxidation sites excluding steroid dienone is 3. The fraction of sp³-hybridized carbons (Fsp3) is 0.607. The number of benzene rings is 1. The van der Waals surface area contributed by atoms with Crippen molar-refractivity contribution in [3.8, 4) is 11.8 Å². The number of rotatable bonds is 12. The van der Waals surface area contributed by atoms with E-state index in [1.807, 2.05) is 50.3 Å². The maximum absolute atomic E-state index is 9.81. The highest BCUT2D eigenvalue weighted by Gasteiger charge is 2.43. The van der Waals surface area contributed by atoms with Crippen molar-refractivity contribution in [2.75, 3.05) is 7.11 Å². The zero-order valence-corrected chi connectivity index (χ0v) is 23.4. The van der Waals surface area contributed by atoms with Gasteiger partial charge in [-0.15, -0.1) is 0 Å². The third-order valence-corrected chi connectivity index (χ3v) is 11.3. The average Bonchev–Trinajstić information content (AvgIpc) is 2.76. The number of methoxy groups -OCH3 is 1. The molecule has 0 radical (unpaired) electrons. The van der Waals surface area contributed by atoms with Crippen LogP contribution in [-0.2, 0) is 15.8 Å². The van der Waals surface area contributed by atoms with Crippen LogP contribution in [-0.4, -0.2) is 27.6 Å². The van der Waals surface area contributed by atoms with Crippen LogP contribution >= 0.6 is 0 Å². The molecule has 1 aromatic rings. The van der Waals surface area contributed by atoms with Crippen molar-refractivity contribution in [1.29, 1.82) is 5.26 Å². The van der Waals surface area contributed by atoms with E-state index >= 15 is 0 Å². The topological polar surface area (TPSA) is 51.5 Å². The van der Waals surface area contributed by atoms with E-state index in [9.17, 15) is 5.26 Å². The third kappa shape index (κ3) is 8.77. The van der Waals surface area contributed by atoms with Crippen molar-refractivity contribution in [2.24, 2.45) is 17.8 Å². The molecule has 0 fully saturated rings. The molecule has 0 amide bonds. The lowest BCUT2D eigenvalue weighted by molar-refractivity contribution is -0.0593. The summed E-state index contributed by atoms with van der Waals surface area (Å²) in [4.78, 5) is 0. The fourth-order valence-corrected chi connectivity index (χ4v) is 5.05. The Morgan fingerprint density at radius 2 is 1.64 bits per heavy atom. The van der Waals surface area contributed by atoms with Gasteiger partial charge in [0.05, 0.1) is 37.9 Å². The predicted molar refractivity (Wildman–Crippen MR) is 141 cm³/mol. The molecule has 184 valence electrons. The molecule has 0 heterocycles. The summed E-state index contributed by atoms with van der Waals surface area (Å²) in [5.74, 6) is 0.799. The van der Waals surface area contributed by atoms with Gasteiger partial charge in [0.25, 0.3) is 0 Å². The van der Waals surface area contributed by atoms with E-state index in [1.54, 1.807) is 7.11 Å². The van der Waals surface area contributed by atoms with E-state index < -0.39 is 8.32 Å². The summed E-state index contributed by atoms with van der Waals surface area (Å²) in [6, 6.07) is 10.4. The molecule has 5 atom stereocenters. The lowest BCUT2D eigenvalue weighted by Gasteiger charge is -2.43. The van der Waals surface area contributed by atoms with Crippen LogP contribution in [0.15, 0.2) is 48.6 Å². The average molecular weight is 472 g/mol. The Balaban J connectivity index is 3.22. The molecule has 0 aliphatic carbocycles. The first-order chi connectivity index (χ1) is 15.4. The van der Waals surface area contributed by atoms with Crippen molar-refractivity contribution < 1.29 is 13.9 Å². The smallest absolute Gasteiger partial charge is 0.192 e. The summed E-state index contributed by atoms with van der Waals surface area (Å²) in [6.07, 6.45) is 7.99. The minimum atomic E-state index is -2.07. The van der Waals surface area contributed by atoms with Gasteiger partial charge in [0.15, 0.2) is 8.32 Å². The van der Waals surface area contributed by atoms with Gasteiger partial charge in [-0.1, -0.05) is 71.1 Å². The highest BCUT2D eigenvalue weighted by molar-refractivity contribution is 6.74. The molecule has 1 rings (SSSR count).